The number of carbonyl (C=O) groups is 2. The molecule has 0 aliphatic heterocycles. The van der Waals surface area contributed by atoms with Crippen molar-refractivity contribution in [3.05, 3.63) is 23.7 Å². The quantitative estimate of drug-likeness (QED) is 0.687. The third kappa shape index (κ3) is 2.43. The van der Waals surface area contributed by atoms with Gasteiger partial charge in [0.2, 0.25) is 5.76 Å². The third-order valence-corrected chi connectivity index (χ3v) is 1.65. The number of ketones is 1. The van der Waals surface area contributed by atoms with Gasteiger partial charge in [-0.25, -0.2) is 4.79 Å². The molecule has 0 fully saturated rings. The molecule has 0 amide bonds. The monoisotopic (exact) mass is 198 g/mol. The van der Waals surface area contributed by atoms with Crippen molar-refractivity contribution < 1.29 is 24.2 Å². The molecule has 0 spiro atoms. The fourth-order valence-corrected chi connectivity index (χ4v) is 0.965. The minimum atomic E-state index is -1.20. The lowest BCUT2D eigenvalue weighted by Gasteiger charge is -1.93. The predicted molar refractivity (Wildman–Crippen MR) is 46.3 cm³/mol. The van der Waals surface area contributed by atoms with Gasteiger partial charge < -0.3 is 14.6 Å². The molecule has 0 aliphatic carbocycles. The Kier molecular flexibility index (Phi) is 3.41. The minimum Gasteiger partial charge on any atom is -0.475 e. The summed E-state index contributed by atoms with van der Waals surface area (Å²) < 4.78 is 4.77. The number of hydrogen-bond acceptors (Lipinski definition) is 4. The number of aromatic carboxylic acids is 1. The van der Waals surface area contributed by atoms with Gasteiger partial charge in [-0.1, -0.05) is 0 Å². The van der Waals surface area contributed by atoms with Crippen LogP contribution in [0.15, 0.2) is 16.5 Å². The van der Waals surface area contributed by atoms with Crippen LogP contribution in [0.25, 0.3) is 0 Å². The molecular formula is C9H10O5. The van der Waals surface area contributed by atoms with Crippen molar-refractivity contribution in [2.45, 2.75) is 12.8 Å². The average Bonchev–Trinajstić information content (AvgIpc) is 2.62. The van der Waals surface area contributed by atoms with Crippen LogP contribution in [0, 0.1) is 0 Å². The highest BCUT2D eigenvalue weighted by molar-refractivity contribution is 5.95. The number of carbonyl (C=O) groups excluding carboxylic acids is 1. The van der Waals surface area contributed by atoms with Gasteiger partial charge in [0.25, 0.3) is 0 Å². The molecular weight excluding hydrogens is 188 g/mol. The van der Waals surface area contributed by atoms with E-state index in [0.29, 0.717) is 6.42 Å². The lowest BCUT2D eigenvalue weighted by Crippen LogP contribution is -1.99. The number of carboxylic acids is 1. The van der Waals surface area contributed by atoms with Gasteiger partial charge in [0, 0.05) is 13.0 Å². The van der Waals surface area contributed by atoms with E-state index in [2.05, 4.69) is 0 Å². The average molecular weight is 198 g/mol. The molecule has 5 nitrogen and oxygen atoms in total. The summed E-state index contributed by atoms with van der Waals surface area (Å²) in [6.07, 6.45) is 0.505. The Bertz CT molecular complexity index is 339. The summed E-state index contributed by atoms with van der Waals surface area (Å²) in [7, 11) is 0. The fraction of sp³-hybridized carbons (Fsp3) is 0.333. The van der Waals surface area contributed by atoms with E-state index in [-0.39, 0.29) is 30.3 Å². The first-order valence-electron chi connectivity index (χ1n) is 4.12. The lowest BCUT2D eigenvalue weighted by atomic mass is 10.2. The van der Waals surface area contributed by atoms with Gasteiger partial charge in [0.05, 0.1) is 0 Å². The normalized spacial score (nSPS) is 10.1. The van der Waals surface area contributed by atoms with Gasteiger partial charge in [0.15, 0.2) is 11.5 Å². The number of rotatable bonds is 5. The molecule has 2 N–H and O–H groups in total. The molecule has 0 bridgehead atoms. The third-order valence-electron chi connectivity index (χ3n) is 1.65. The van der Waals surface area contributed by atoms with Crippen LogP contribution in [0.2, 0.25) is 0 Å². The molecule has 1 aromatic rings. The maximum absolute atomic E-state index is 11.2. The molecule has 1 rings (SSSR count). The SMILES string of the molecule is O=C(O)c1ccc(C(=O)CCCO)o1. The molecule has 0 saturated heterocycles. The first-order valence-corrected chi connectivity index (χ1v) is 4.12. The van der Waals surface area contributed by atoms with Crippen LogP contribution >= 0.6 is 0 Å². The maximum atomic E-state index is 11.2. The van der Waals surface area contributed by atoms with Gasteiger partial charge in [-0.15, -0.1) is 0 Å². The largest absolute Gasteiger partial charge is 0.475 e. The number of hydrogen-bond donors (Lipinski definition) is 2. The molecule has 0 atom stereocenters. The Morgan fingerprint density at radius 1 is 1.29 bits per heavy atom. The summed E-state index contributed by atoms with van der Waals surface area (Å²) >= 11 is 0. The number of aliphatic hydroxyl groups excluding tert-OH is 1. The van der Waals surface area contributed by atoms with Gasteiger partial charge in [-0.3, -0.25) is 4.79 Å². The Hall–Kier alpha value is -1.62. The molecule has 0 aromatic carbocycles. The number of Topliss-reactive ketones (excluding diaryl/α,β-unsaturated/α-hetero) is 1. The molecule has 1 heterocycles. The van der Waals surface area contributed by atoms with Crippen LogP contribution in [0.5, 0.6) is 0 Å². The molecule has 0 saturated carbocycles. The van der Waals surface area contributed by atoms with E-state index in [1.807, 2.05) is 0 Å². The van der Waals surface area contributed by atoms with E-state index in [1.165, 1.54) is 12.1 Å². The summed E-state index contributed by atoms with van der Waals surface area (Å²) in [5.74, 6) is -1.73. The first kappa shape index (κ1) is 10.5. The van der Waals surface area contributed by atoms with Crippen molar-refractivity contribution in [1.82, 2.24) is 0 Å². The topological polar surface area (TPSA) is 87.7 Å². The molecule has 0 unspecified atom stereocenters. The summed E-state index contributed by atoms with van der Waals surface area (Å²) in [4.78, 5) is 21.6. The van der Waals surface area contributed by atoms with Crippen LogP contribution < -0.4 is 0 Å². The van der Waals surface area contributed by atoms with Crippen molar-refractivity contribution in [1.29, 1.82) is 0 Å². The Morgan fingerprint density at radius 3 is 2.43 bits per heavy atom. The highest BCUT2D eigenvalue weighted by Crippen LogP contribution is 2.10. The zero-order valence-electron chi connectivity index (χ0n) is 7.40. The first-order chi connectivity index (χ1) is 6.65. The standard InChI is InChI=1S/C9H10O5/c10-5-1-2-6(11)7-3-4-8(14-7)9(12)13/h3-4,10H,1-2,5H2,(H,12,13). The van der Waals surface area contributed by atoms with E-state index in [1.54, 1.807) is 0 Å². The van der Waals surface area contributed by atoms with Crippen LogP contribution in [0.4, 0.5) is 0 Å². The summed E-state index contributed by atoms with van der Waals surface area (Å²) in [5, 5.41) is 17.0. The Morgan fingerprint density at radius 2 is 1.93 bits per heavy atom. The van der Waals surface area contributed by atoms with Gasteiger partial charge in [-0.05, 0) is 18.6 Å². The van der Waals surface area contributed by atoms with E-state index in [4.69, 9.17) is 14.6 Å². The fourth-order valence-electron chi connectivity index (χ4n) is 0.965. The van der Waals surface area contributed by atoms with Gasteiger partial charge >= 0.3 is 5.97 Å². The van der Waals surface area contributed by atoms with Crippen LogP contribution in [0.3, 0.4) is 0 Å². The van der Waals surface area contributed by atoms with Crippen molar-refractivity contribution >= 4 is 11.8 Å². The number of aliphatic hydroxyl groups is 1. The smallest absolute Gasteiger partial charge is 0.371 e. The van der Waals surface area contributed by atoms with Crippen LogP contribution in [0.1, 0.15) is 34.0 Å². The second-order valence-electron chi connectivity index (χ2n) is 2.72. The van der Waals surface area contributed by atoms with Crippen molar-refractivity contribution in [2.75, 3.05) is 6.61 Å². The van der Waals surface area contributed by atoms with Crippen molar-refractivity contribution in [3.8, 4) is 0 Å². The van der Waals surface area contributed by atoms with E-state index < -0.39 is 5.97 Å². The zero-order chi connectivity index (χ0) is 10.6. The maximum Gasteiger partial charge on any atom is 0.371 e. The Labute approximate surface area is 80.0 Å². The summed E-state index contributed by atoms with van der Waals surface area (Å²) in [5.41, 5.74) is 0. The number of furan rings is 1. The van der Waals surface area contributed by atoms with Crippen LogP contribution in [-0.4, -0.2) is 28.6 Å². The lowest BCUT2D eigenvalue weighted by molar-refractivity contribution is 0.0659. The molecule has 0 aliphatic rings. The van der Waals surface area contributed by atoms with Crippen molar-refractivity contribution in [3.63, 3.8) is 0 Å². The molecule has 14 heavy (non-hydrogen) atoms. The molecule has 76 valence electrons. The second-order valence-corrected chi connectivity index (χ2v) is 2.72. The molecule has 5 heteroatoms. The molecule has 1 aromatic heterocycles. The highest BCUT2D eigenvalue weighted by atomic mass is 16.4. The van der Waals surface area contributed by atoms with Crippen LogP contribution in [-0.2, 0) is 0 Å². The summed E-state index contributed by atoms with van der Waals surface area (Å²) in [6, 6.07) is 2.55. The number of carboxylic acid groups (broad SMARTS) is 1. The minimum absolute atomic E-state index is 0.0239. The van der Waals surface area contributed by atoms with Gasteiger partial charge in [-0.2, -0.15) is 0 Å². The second kappa shape index (κ2) is 4.57. The van der Waals surface area contributed by atoms with Crippen molar-refractivity contribution in [2.24, 2.45) is 0 Å². The van der Waals surface area contributed by atoms with E-state index in [9.17, 15) is 9.59 Å². The van der Waals surface area contributed by atoms with Gasteiger partial charge in [0.1, 0.15) is 0 Å². The predicted octanol–water partition coefficient (Wildman–Crippen LogP) is 0.933. The van der Waals surface area contributed by atoms with E-state index in [0.717, 1.165) is 0 Å². The highest BCUT2D eigenvalue weighted by Gasteiger charge is 2.13. The zero-order valence-corrected chi connectivity index (χ0v) is 7.40. The molecule has 0 radical (unpaired) electrons. The Balaban J connectivity index is 2.66. The van der Waals surface area contributed by atoms with E-state index >= 15 is 0 Å². The summed E-state index contributed by atoms with van der Waals surface area (Å²) in [6.45, 7) is -0.0712.